The van der Waals surface area contributed by atoms with E-state index in [1.807, 2.05) is 37.3 Å². The highest BCUT2D eigenvalue weighted by Crippen LogP contribution is 2.37. The molecule has 0 spiro atoms. The van der Waals surface area contributed by atoms with Gasteiger partial charge in [-0.15, -0.1) is 0 Å². The number of methoxy groups -OCH3 is 2. The molecular formula is C25H28N6O4S. The van der Waals surface area contributed by atoms with Gasteiger partial charge in [-0.1, -0.05) is 24.3 Å². The minimum atomic E-state index is -3.60. The van der Waals surface area contributed by atoms with E-state index in [4.69, 9.17) is 9.47 Å². The first-order valence-electron chi connectivity index (χ1n) is 11.7. The first-order valence-corrected chi connectivity index (χ1v) is 13.1. The van der Waals surface area contributed by atoms with Crippen molar-refractivity contribution in [2.24, 2.45) is 0 Å². The fourth-order valence-corrected chi connectivity index (χ4v) is 6.30. The van der Waals surface area contributed by atoms with Gasteiger partial charge in [-0.2, -0.15) is 18.9 Å². The van der Waals surface area contributed by atoms with Crippen molar-refractivity contribution >= 4 is 21.6 Å². The van der Waals surface area contributed by atoms with E-state index in [9.17, 15) is 8.42 Å². The van der Waals surface area contributed by atoms with Gasteiger partial charge in [0.2, 0.25) is 10.0 Å². The maximum Gasteiger partial charge on any atom is 0.254 e. The second-order valence-corrected chi connectivity index (χ2v) is 10.5. The third-order valence-corrected chi connectivity index (χ3v) is 8.50. The molecule has 10 nitrogen and oxygen atoms in total. The average molecular weight is 509 g/mol. The number of hydrogen-bond acceptors (Lipinski definition) is 8. The van der Waals surface area contributed by atoms with Gasteiger partial charge in [0, 0.05) is 37.9 Å². The van der Waals surface area contributed by atoms with E-state index in [1.54, 1.807) is 41.4 Å². The molecule has 3 heterocycles. The normalized spacial score (nSPS) is 15.1. The topological polar surface area (TPSA) is 102 Å². The quantitative estimate of drug-likeness (QED) is 0.392. The number of benzene rings is 2. The summed E-state index contributed by atoms with van der Waals surface area (Å²) >= 11 is 0. The number of aryl methyl sites for hydroxylation is 1. The van der Waals surface area contributed by atoms with Crippen LogP contribution in [0, 0.1) is 6.92 Å². The van der Waals surface area contributed by atoms with Gasteiger partial charge in [0.25, 0.3) is 5.78 Å². The number of rotatable bonds is 6. The molecular weight excluding hydrogens is 480 g/mol. The summed E-state index contributed by atoms with van der Waals surface area (Å²) in [7, 11) is -0.409. The predicted octanol–water partition coefficient (Wildman–Crippen LogP) is 3.02. The summed E-state index contributed by atoms with van der Waals surface area (Å²) in [6.45, 7) is 3.75. The van der Waals surface area contributed by atoms with Crippen molar-refractivity contribution in [2.45, 2.75) is 18.2 Å². The summed E-state index contributed by atoms with van der Waals surface area (Å²) in [5.74, 6) is 2.51. The maximum atomic E-state index is 13.4. The van der Waals surface area contributed by atoms with Crippen LogP contribution < -0.4 is 14.4 Å². The molecule has 0 N–H and O–H groups in total. The Labute approximate surface area is 210 Å². The molecule has 0 unspecified atom stereocenters. The van der Waals surface area contributed by atoms with Crippen LogP contribution in [0.1, 0.15) is 12.0 Å². The lowest BCUT2D eigenvalue weighted by atomic mass is 10.1. The standard InChI is InChI=1S/C25H28N6O4S/c1-18-7-4-5-8-23(18)36(32,33)30-12-6-11-29(13-14-30)24-20(16-26-25-27-17-28-31(24)25)19-9-10-21(34-2)22(15-19)35-3/h4-5,7-10,15-17H,6,11-14H2,1-3H3. The molecule has 0 radical (unpaired) electrons. The van der Waals surface area contributed by atoms with Crippen LogP contribution in [0.2, 0.25) is 0 Å². The van der Waals surface area contributed by atoms with Gasteiger partial charge in [0.1, 0.15) is 12.1 Å². The van der Waals surface area contributed by atoms with E-state index >= 15 is 0 Å². The highest BCUT2D eigenvalue weighted by atomic mass is 32.2. The summed E-state index contributed by atoms with van der Waals surface area (Å²) in [6, 6.07) is 12.8. The van der Waals surface area contributed by atoms with Gasteiger partial charge >= 0.3 is 0 Å². The third kappa shape index (κ3) is 4.24. The summed E-state index contributed by atoms with van der Waals surface area (Å²) < 4.78 is 41.1. The molecule has 1 aliphatic heterocycles. The molecule has 11 heteroatoms. The van der Waals surface area contributed by atoms with Crippen LogP contribution in [-0.4, -0.2) is 72.7 Å². The van der Waals surface area contributed by atoms with E-state index in [2.05, 4.69) is 20.0 Å². The zero-order chi connectivity index (χ0) is 25.3. The van der Waals surface area contributed by atoms with Crippen LogP contribution in [0.3, 0.4) is 0 Å². The molecule has 0 amide bonds. The Morgan fingerprint density at radius 1 is 0.917 bits per heavy atom. The second-order valence-electron chi connectivity index (χ2n) is 8.55. The predicted molar refractivity (Wildman–Crippen MR) is 136 cm³/mol. The van der Waals surface area contributed by atoms with Crippen LogP contribution in [-0.2, 0) is 10.0 Å². The summed E-state index contributed by atoms with van der Waals surface area (Å²) in [4.78, 5) is 11.3. The molecule has 188 valence electrons. The Hall–Kier alpha value is -3.70. The first kappa shape index (κ1) is 24.0. The van der Waals surface area contributed by atoms with Crippen molar-refractivity contribution in [1.82, 2.24) is 23.9 Å². The van der Waals surface area contributed by atoms with Crippen LogP contribution in [0.25, 0.3) is 16.9 Å². The molecule has 0 atom stereocenters. The first-order chi connectivity index (χ1) is 17.4. The molecule has 0 saturated carbocycles. The number of ether oxygens (including phenoxy) is 2. The van der Waals surface area contributed by atoms with Gasteiger partial charge in [-0.25, -0.2) is 13.4 Å². The summed E-state index contributed by atoms with van der Waals surface area (Å²) in [5.41, 5.74) is 2.46. The van der Waals surface area contributed by atoms with Crippen molar-refractivity contribution in [3.63, 3.8) is 0 Å². The zero-order valence-corrected chi connectivity index (χ0v) is 21.3. The SMILES string of the molecule is COc1ccc(-c2cnc3ncnn3c2N2CCCN(S(=O)(=O)c3ccccc3C)CC2)cc1OC. The lowest BCUT2D eigenvalue weighted by Gasteiger charge is -2.26. The number of hydrogen-bond donors (Lipinski definition) is 0. The summed E-state index contributed by atoms with van der Waals surface area (Å²) in [5, 5.41) is 4.43. The minimum Gasteiger partial charge on any atom is -0.493 e. The smallest absolute Gasteiger partial charge is 0.254 e. The van der Waals surface area contributed by atoms with Gasteiger partial charge in [0.05, 0.1) is 19.1 Å². The van der Waals surface area contributed by atoms with Crippen molar-refractivity contribution < 1.29 is 17.9 Å². The average Bonchev–Trinajstić information content (AvgIpc) is 3.23. The lowest BCUT2D eigenvalue weighted by Crippen LogP contribution is -2.36. The maximum absolute atomic E-state index is 13.4. The molecule has 1 saturated heterocycles. The van der Waals surface area contributed by atoms with Crippen molar-refractivity contribution in [1.29, 1.82) is 0 Å². The van der Waals surface area contributed by atoms with Crippen LogP contribution in [0.5, 0.6) is 11.5 Å². The van der Waals surface area contributed by atoms with Gasteiger partial charge < -0.3 is 14.4 Å². The molecule has 0 bridgehead atoms. The lowest BCUT2D eigenvalue weighted by molar-refractivity contribution is 0.355. The Morgan fingerprint density at radius 3 is 2.50 bits per heavy atom. The molecule has 1 aliphatic rings. The Balaban J connectivity index is 1.52. The van der Waals surface area contributed by atoms with Gasteiger partial charge in [0.15, 0.2) is 11.5 Å². The number of aromatic nitrogens is 4. The minimum absolute atomic E-state index is 0.348. The molecule has 5 rings (SSSR count). The fourth-order valence-electron chi connectivity index (χ4n) is 4.61. The van der Waals surface area contributed by atoms with Gasteiger partial charge in [-0.05, 0) is 42.7 Å². The number of sulfonamides is 1. The van der Waals surface area contributed by atoms with Crippen LogP contribution in [0.4, 0.5) is 5.82 Å². The third-order valence-electron chi connectivity index (χ3n) is 6.44. The monoisotopic (exact) mass is 508 g/mol. The molecule has 1 fully saturated rings. The van der Waals surface area contributed by atoms with Crippen molar-refractivity contribution in [3.8, 4) is 22.6 Å². The van der Waals surface area contributed by atoms with E-state index in [-0.39, 0.29) is 0 Å². The molecule has 4 aromatic rings. The van der Waals surface area contributed by atoms with E-state index in [1.165, 1.54) is 6.33 Å². The van der Waals surface area contributed by atoms with E-state index < -0.39 is 10.0 Å². The van der Waals surface area contributed by atoms with Crippen LogP contribution >= 0.6 is 0 Å². The molecule has 2 aromatic heterocycles. The van der Waals surface area contributed by atoms with E-state index in [0.717, 1.165) is 22.5 Å². The highest BCUT2D eigenvalue weighted by Gasteiger charge is 2.29. The zero-order valence-electron chi connectivity index (χ0n) is 20.5. The molecule has 36 heavy (non-hydrogen) atoms. The second kappa shape index (κ2) is 9.75. The highest BCUT2D eigenvalue weighted by molar-refractivity contribution is 7.89. The number of fused-ring (bicyclic) bond motifs is 1. The van der Waals surface area contributed by atoms with Crippen molar-refractivity contribution in [2.75, 3.05) is 45.3 Å². The van der Waals surface area contributed by atoms with Crippen LogP contribution in [0.15, 0.2) is 59.9 Å². The molecule has 0 aliphatic carbocycles. The Kier molecular flexibility index (Phi) is 6.50. The van der Waals surface area contributed by atoms with Crippen molar-refractivity contribution in [3.05, 3.63) is 60.6 Å². The van der Waals surface area contributed by atoms with E-state index in [0.29, 0.717) is 54.8 Å². The number of anilines is 1. The Bertz CT molecular complexity index is 1500. The Morgan fingerprint density at radius 2 is 1.72 bits per heavy atom. The molecule has 2 aromatic carbocycles. The summed E-state index contributed by atoms with van der Waals surface area (Å²) in [6.07, 6.45) is 3.90. The fraction of sp³-hybridized carbons (Fsp3) is 0.320. The van der Waals surface area contributed by atoms with Gasteiger partial charge in [-0.3, -0.25) is 0 Å². The largest absolute Gasteiger partial charge is 0.493 e. The number of nitrogens with zero attached hydrogens (tertiary/aromatic N) is 6.